The van der Waals surface area contributed by atoms with Gasteiger partial charge in [0.2, 0.25) is 0 Å². The molecule has 0 saturated carbocycles. The first-order valence-electron chi connectivity index (χ1n) is 4.07. The van der Waals surface area contributed by atoms with E-state index >= 15 is 0 Å². The van der Waals surface area contributed by atoms with Gasteiger partial charge in [0.05, 0.1) is 5.54 Å². The molecule has 0 amide bonds. The van der Waals surface area contributed by atoms with E-state index in [0.717, 1.165) is 0 Å². The van der Waals surface area contributed by atoms with Crippen LogP contribution in [0.25, 0.3) is 0 Å². The maximum absolute atomic E-state index is 12.4. The Morgan fingerprint density at radius 1 is 1.27 bits per heavy atom. The van der Waals surface area contributed by atoms with Crippen molar-refractivity contribution in [1.29, 1.82) is 0 Å². The molecule has 0 N–H and O–H groups in total. The van der Waals surface area contributed by atoms with Crippen LogP contribution in [-0.4, -0.2) is 9.78 Å². The zero-order chi connectivity index (χ0) is 12.0. The van der Waals surface area contributed by atoms with Crippen LogP contribution in [0.2, 0.25) is 5.02 Å². The van der Waals surface area contributed by atoms with Gasteiger partial charge in [0.25, 0.3) is 0 Å². The van der Waals surface area contributed by atoms with Gasteiger partial charge in [-0.05, 0) is 36.7 Å². The SMILES string of the molecule is CC(C)(C)n1nc(C(F)(F)F)c(Cl)c1Br. The predicted molar refractivity (Wildman–Crippen MR) is 54.9 cm³/mol. The maximum atomic E-state index is 12.4. The largest absolute Gasteiger partial charge is 0.436 e. The van der Waals surface area contributed by atoms with Gasteiger partial charge < -0.3 is 0 Å². The first kappa shape index (κ1) is 12.8. The monoisotopic (exact) mass is 304 g/mol. The van der Waals surface area contributed by atoms with Crippen LogP contribution in [0, 0.1) is 0 Å². The highest BCUT2D eigenvalue weighted by molar-refractivity contribution is 9.10. The van der Waals surface area contributed by atoms with Crippen LogP contribution < -0.4 is 0 Å². The summed E-state index contributed by atoms with van der Waals surface area (Å²) < 4.78 is 38.7. The fourth-order valence-electron chi connectivity index (χ4n) is 1.00. The van der Waals surface area contributed by atoms with Crippen molar-refractivity contribution in [3.8, 4) is 0 Å². The summed E-state index contributed by atoms with van der Waals surface area (Å²) in [5, 5.41) is 3.06. The first-order valence-corrected chi connectivity index (χ1v) is 5.24. The minimum absolute atomic E-state index is 0.143. The molecule has 0 aromatic carbocycles. The second-order valence-electron chi connectivity index (χ2n) is 4.03. The Hall–Kier alpha value is -0.230. The van der Waals surface area contributed by atoms with Crippen LogP contribution in [-0.2, 0) is 11.7 Å². The van der Waals surface area contributed by atoms with E-state index in [4.69, 9.17) is 11.6 Å². The molecular formula is C8H9BrClF3N2. The normalized spacial score (nSPS) is 13.3. The zero-order valence-corrected chi connectivity index (χ0v) is 10.6. The van der Waals surface area contributed by atoms with E-state index in [9.17, 15) is 13.2 Å². The van der Waals surface area contributed by atoms with Crippen LogP contribution in [0.3, 0.4) is 0 Å². The molecule has 1 heterocycles. The molecule has 1 aromatic rings. The molecule has 0 saturated heterocycles. The number of hydrogen-bond acceptors (Lipinski definition) is 1. The highest BCUT2D eigenvalue weighted by atomic mass is 79.9. The third-order valence-electron chi connectivity index (χ3n) is 1.68. The molecular weight excluding hydrogens is 296 g/mol. The summed E-state index contributed by atoms with van der Waals surface area (Å²) in [4.78, 5) is 0. The number of alkyl halides is 3. The molecule has 86 valence electrons. The maximum Gasteiger partial charge on any atom is 0.436 e. The summed E-state index contributed by atoms with van der Waals surface area (Å²) in [6.45, 7) is 5.21. The van der Waals surface area contributed by atoms with Gasteiger partial charge in [0.15, 0.2) is 5.69 Å². The lowest BCUT2D eigenvalue weighted by molar-refractivity contribution is -0.141. The van der Waals surface area contributed by atoms with Crippen LogP contribution >= 0.6 is 27.5 Å². The Labute approximate surface area is 98.5 Å². The van der Waals surface area contributed by atoms with Crippen molar-refractivity contribution in [2.75, 3.05) is 0 Å². The molecule has 1 aromatic heterocycles. The molecule has 0 bridgehead atoms. The average molecular weight is 306 g/mol. The van der Waals surface area contributed by atoms with Crippen molar-refractivity contribution in [1.82, 2.24) is 9.78 Å². The summed E-state index contributed by atoms with van der Waals surface area (Å²) in [6, 6.07) is 0. The second kappa shape index (κ2) is 3.66. The Balaban J connectivity index is 3.38. The molecule has 0 aliphatic rings. The van der Waals surface area contributed by atoms with Gasteiger partial charge in [-0.15, -0.1) is 0 Å². The van der Waals surface area contributed by atoms with Crippen molar-refractivity contribution in [3.63, 3.8) is 0 Å². The standard InChI is InChI=1S/C8H9BrClF3N2/c1-7(2,3)15-6(9)4(10)5(14-15)8(11,12)13/h1-3H3. The van der Waals surface area contributed by atoms with Crippen molar-refractivity contribution in [2.45, 2.75) is 32.5 Å². The van der Waals surface area contributed by atoms with Crippen molar-refractivity contribution in [2.24, 2.45) is 0 Å². The molecule has 0 unspecified atom stereocenters. The molecule has 0 atom stereocenters. The van der Waals surface area contributed by atoms with Crippen LogP contribution in [0.5, 0.6) is 0 Å². The first-order chi connectivity index (χ1) is 6.55. The molecule has 1 rings (SSSR count). The number of aromatic nitrogens is 2. The fourth-order valence-corrected chi connectivity index (χ4v) is 2.03. The van der Waals surface area contributed by atoms with E-state index in [-0.39, 0.29) is 4.60 Å². The van der Waals surface area contributed by atoms with E-state index in [1.807, 2.05) is 0 Å². The number of hydrogen-bond donors (Lipinski definition) is 0. The van der Waals surface area contributed by atoms with Gasteiger partial charge in [-0.2, -0.15) is 18.3 Å². The number of halogens is 5. The van der Waals surface area contributed by atoms with Gasteiger partial charge in [-0.3, -0.25) is 4.68 Å². The third-order valence-corrected chi connectivity index (χ3v) is 3.00. The molecule has 0 spiro atoms. The van der Waals surface area contributed by atoms with Crippen molar-refractivity contribution >= 4 is 27.5 Å². The lowest BCUT2D eigenvalue weighted by Crippen LogP contribution is -2.24. The van der Waals surface area contributed by atoms with Crippen LogP contribution in [0.15, 0.2) is 4.60 Å². The summed E-state index contributed by atoms with van der Waals surface area (Å²) in [7, 11) is 0. The van der Waals surface area contributed by atoms with E-state index < -0.39 is 22.4 Å². The van der Waals surface area contributed by atoms with Gasteiger partial charge in [0.1, 0.15) is 9.63 Å². The summed E-state index contributed by atoms with van der Waals surface area (Å²) in [5.74, 6) is 0. The van der Waals surface area contributed by atoms with Gasteiger partial charge in [-0.1, -0.05) is 11.6 Å². The molecule has 7 heteroatoms. The highest BCUT2D eigenvalue weighted by Gasteiger charge is 2.39. The quantitative estimate of drug-likeness (QED) is 0.706. The summed E-state index contributed by atoms with van der Waals surface area (Å²) in [6.07, 6.45) is -4.53. The van der Waals surface area contributed by atoms with E-state index in [0.29, 0.717) is 0 Å². The van der Waals surface area contributed by atoms with Gasteiger partial charge in [0, 0.05) is 0 Å². The van der Waals surface area contributed by atoms with Crippen molar-refractivity contribution in [3.05, 3.63) is 15.3 Å². The highest BCUT2D eigenvalue weighted by Crippen LogP contribution is 2.39. The molecule has 0 aliphatic carbocycles. The smallest absolute Gasteiger partial charge is 0.251 e. The van der Waals surface area contributed by atoms with Crippen molar-refractivity contribution < 1.29 is 13.2 Å². The average Bonchev–Trinajstić information content (AvgIpc) is 2.26. The van der Waals surface area contributed by atoms with Crippen LogP contribution in [0.4, 0.5) is 13.2 Å². The Bertz CT molecular complexity index is 344. The Morgan fingerprint density at radius 3 is 1.93 bits per heavy atom. The molecule has 2 nitrogen and oxygen atoms in total. The lowest BCUT2D eigenvalue weighted by Gasteiger charge is -2.20. The van der Waals surface area contributed by atoms with E-state index in [1.54, 1.807) is 20.8 Å². The minimum atomic E-state index is -4.53. The summed E-state index contributed by atoms with van der Waals surface area (Å²) in [5.41, 5.74) is -1.63. The summed E-state index contributed by atoms with van der Waals surface area (Å²) >= 11 is 8.55. The molecule has 0 fully saturated rings. The third kappa shape index (κ3) is 2.47. The van der Waals surface area contributed by atoms with Gasteiger partial charge >= 0.3 is 6.18 Å². The lowest BCUT2D eigenvalue weighted by atomic mass is 10.1. The molecule has 15 heavy (non-hydrogen) atoms. The fraction of sp³-hybridized carbons (Fsp3) is 0.625. The molecule has 0 aliphatic heterocycles. The Kier molecular flexibility index (Phi) is 3.13. The number of nitrogens with zero attached hydrogens (tertiary/aromatic N) is 2. The predicted octanol–water partition coefficient (Wildman–Crippen LogP) is 4.07. The second-order valence-corrected chi connectivity index (χ2v) is 5.16. The van der Waals surface area contributed by atoms with Crippen LogP contribution in [0.1, 0.15) is 26.5 Å². The molecule has 0 radical (unpaired) electrons. The van der Waals surface area contributed by atoms with Gasteiger partial charge in [-0.25, -0.2) is 0 Å². The zero-order valence-electron chi connectivity index (χ0n) is 8.28. The minimum Gasteiger partial charge on any atom is -0.251 e. The van der Waals surface area contributed by atoms with E-state index in [2.05, 4.69) is 21.0 Å². The van der Waals surface area contributed by atoms with E-state index in [1.165, 1.54) is 4.68 Å². The topological polar surface area (TPSA) is 17.8 Å². The number of rotatable bonds is 0. The Morgan fingerprint density at radius 2 is 1.73 bits per heavy atom.